The lowest BCUT2D eigenvalue weighted by molar-refractivity contribution is -0.133. The van der Waals surface area contributed by atoms with Crippen LogP contribution < -0.4 is 21.4 Å². The number of hydrogen-bond acceptors (Lipinski definition) is 6. The monoisotopic (exact) mass is 545 g/mol. The molecular weight excluding hydrogens is 508 g/mol. The Hall–Kier alpha value is -3.71. The Morgan fingerprint density at radius 2 is 1.65 bits per heavy atom. The highest BCUT2D eigenvalue weighted by Gasteiger charge is 2.52. The van der Waals surface area contributed by atoms with Crippen LogP contribution in [0.2, 0.25) is 0 Å². The van der Waals surface area contributed by atoms with Crippen molar-refractivity contribution < 1.29 is 24.7 Å². The smallest absolute Gasteiger partial charge is 0.268 e. The van der Waals surface area contributed by atoms with Gasteiger partial charge in [-0.1, -0.05) is 25.7 Å². The topological polar surface area (TPSA) is 140 Å². The van der Waals surface area contributed by atoms with E-state index in [0.717, 1.165) is 12.1 Å². The molecule has 0 saturated heterocycles. The van der Waals surface area contributed by atoms with Gasteiger partial charge in [0.05, 0.1) is 12.6 Å². The maximum Gasteiger partial charge on any atom is 0.268 e. The van der Waals surface area contributed by atoms with Crippen molar-refractivity contribution in [3.63, 3.8) is 0 Å². The normalized spacial score (nSPS) is 22.0. The van der Waals surface area contributed by atoms with E-state index in [1.165, 1.54) is 25.2 Å². The first-order valence-corrected chi connectivity index (χ1v) is 13.6. The Bertz CT molecular complexity index is 1280. The quantitative estimate of drug-likeness (QED) is 0.163. The van der Waals surface area contributed by atoms with Gasteiger partial charge in [0.25, 0.3) is 11.8 Å². The fraction of sp³-hybridized carbons (Fsp3) is 0.419. The van der Waals surface area contributed by atoms with Gasteiger partial charge >= 0.3 is 0 Å². The van der Waals surface area contributed by atoms with Crippen LogP contribution in [-0.4, -0.2) is 53.3 Å². The highest BCUT2D eigenvalue weighted by Crippen LogP contribution is 2.59. The third-order valence-electron chi connectivity index (χ3n) is 8.23. The maximum atomic E-state index is 12.4. The van der Waals surface area contributed by atoms with E-state index in [2.05, 4.69) is 48.1 Å². The molecular formula is C31H37N4O5. The van der Waals surface area contributed by atoms with Crippen molar-refractivity contribution in [1.82, 2.24) is 16.1 Å². The number of carbonyl (C=O) groups excluding carboxylic acids is 3. The van der Waals surface area contributed by atoms with Gasteiger partial charge in [-0.15, -0.1) is 0 Å². The Kier molecular flexibility index (Phi) is 9.25. The predicted molar refractivity (Wildman–Crippen MR) is 151 cm³/mol. The van der Waals surface area contributed by atoms with Crippen molar-refractivity contribution in [3.8, 4) is 11.8 Å². The van der Waals surface area contributed by atoms with Crippen molar-refractivity contribution in [2.75, 3.05) is 18.4 Å². The summed E-state index contributed by atoms with van der Waals surface area (Å²) in [6.45, 7) is 7.21. The summed E-state index contributed by atoms with van der Waals surface area (Å²) in [5.41, 5.74) is 4.22. The number of hydrogen-bond donors (Lipinski definition) is 6. The number of aliphatic hydroxyl groups is 1. The second-order valence-electron chi connectivity index (χ2n) is 11.3. The lowest BCUT2D eigenvalue weighted by Gasteiger charge is -2.26. The molecule has 1 radical (unpaired) electrons. The molecule has 6 N–H and O–H groups in total. The third-order valence-corrected chi connectivity index (χ3v) is 8.23. The van der Waals surface area contributed by atoms with E-state index in [-0.39, 0.29) is 18.0 Å². The van der Waals surface area contributed by atoms with Crippen LogP contribution in [0.15, 0.2) is 48.5 Å². The van der Waals surface area contributed by atoms with Crippen molar-refractivity contribution in [2.45, 2.75) is 45.8 Å². The van der Waals surface area contributed by atoms with Crippen molar-refractivity contribution in [2.24, 2.45) is 23.2 Å². The zero-order valence-electron chi connectivity index (χ0n) is 23.0. The van der Waals surface area contributed by atoms with Crippen molar-refractivity contribution in [1.29, 1.82) is 0 Å². The minimum Gasteiger partial charge on any atom is -0.391 e. The fourth-order valence-corrected chi connectivity index (χ4v) is 5.87. The lowest BCUT2D eigenvalue weighted by atomic mass is 9.80. The highest BCUT2D eigenvalue weighted by molar-refractivity contribution is 5.97. The number of amides is 3. The van der Waals surface area contributed by atoms with Gasteiger partial charge in [0.2, 0.25) is 5.91 Å². The summed E-state index contributed by atoms with van der Waals surface area (Å²) in [6, 6.07) is 12.4. The molecule has 2 saturated carbocycles. The summed E-state index contributed by atoms with van der Waals surface area (Å²) >= 11 is 0. The van der Waals surface area contributed by atoms with E-state index in [0.29, 0.717) is 34.4 Å². The molecule has 3 amide bonds. The Balaban J connectivity index is 1.23. The van der Waals surface area contributed by atoms with Gasteiger partial charge in [-0.25, -0.2) is 5.48 Å². The molecule has 2 bridgehead atoms. The summed E-state index contributed by atoms with van der Waals surface area (Å²) < 4.78 is 0. The van der Waals surface area contributed by atoms with E-state index in [9.17, 15) is 19.5 Å². The summed E-state index contributed by atoms with van der Waals surface area (Å²) in [5, 5.41) is 27.1. The molecule has 0 aliphatic heterocycles. The second-order valence-corrected chi connectivity index (χ2v) is 11.3. The summed E-state index contributed by atoms with van der Waals surface area (Å²) in [7, 11) is 0. The van der Waals surface area contributed by atoms with Crippen LogP contribution in [-0.2, 0) is 9.59 Å². The van der Waals surface area contributed by atoms with Crippen LogP contribution in [0.1, 0.15) is 55.1 Å². The summed E-state index contributed by atoms with van der Waals surface area (Å²) in [6.07, 6.45) is 3.68. The number of nitrogens with one attached hydrogen (secondary N) is 4. The number of benzene rings is 2. The largest absolute Gasteiger partial charge is 0.391 e. The van der Waals surface area contributed by atoms with Crippen molar-refractivity contribution >= 4 is 23.4 Å². The number of aliphatic hydroxyl groups excluding tert-OH is 1. The number of anilines is 1. The molecule has 2 aliphatic rings. The number of fused-ring (bicyclic) bond motifs is 2. The number of hydroxylamine groups is 1. The standard InChI is InChI=1S/C31H37N4O5/c1-19(36)28(30(39)35-40)34-29(38)22-10-6-20(7-11-22)4-5-21-8-13-25(14-9-21)33-27(37)18-32-17-23-16-24-12-15-26(23)31(24,2)3/h6-14,19,23-24,26,28,32,36,40H,15-18H2,1-3H3,(H,33,37)(H,34,38)(H,35,39)/t19-,23+,24?,26+,28+/m1/s1. The van der Waals surface area contributed by atoms with Gasteiger partial charge in [-0.2, -0.15) is 0 Å². The van der Waals surface area contributed by atoms with Crippen LogP contribution in [0.3, 0.4) is 0 Å². The summed E-state index contributed by atoms with van der Waals surface area (Å²) in [4.78, 5) is 36.4. The molecule has 0 heterocycles. The van der Waals surface area contributed by atoms with Crippen LogP contribution in [0, 0.1) is 41.4 Å². The minimum atomic E-state index is -1.29. The first-order valence-electron chi connectivity index (χ1n) is 13.6. The molecule has 2 aliphatic carbocycles. The zero-order valence-corrected chi connectivity index (χ0v) is 23.0. The van der Waals surface area contributed by atoms with Gasteiger partial charge < -0.3 is 21.1 Å². The average Bonchev–Trinajstić information content (AvgIpc) is 3.36. The molecule has 1 unspecified atom stereocenters. The number of carbonyl (C=O) groups is 3. The Morgan fingerprint density at radius 1 is 1.02 bits per heavy atom. The Morgan fingerprint density at radius 3 is 2.17 bits per heavy atom. The van der Waals surface area contributed by atoms with Gasteiger partial charge in [0.1, 0.15) is 6.04 Å². The molecule has 40 heavy (non-hydrogen) atoms. The van der Waals surface area contributed by atoms with Gasteiger partial charge in [-0.05, 0) is 104 Å². The first-order chi connectivity index (χ1) is 19.1. The molecule has 9 heteroatoms. The van der Waals surface area contributed by atoms with Gasteiger partial charge in [0, 0.05) is 22.4 Å². The molecule has 2 aromatic rings. The fourth-order valence-electron chi connectivity index (χ4n) is 5.87. The van der Waals surface area contributed by atoms with E-state index >= 15 is 0 Å². The predicted octanol–water partition coefficient (Wildman–Crippen LogP) is 2.49. The van der Waals surface area contributed by atoms with E-state index < -0.39 is 24.0 Å². The number of rotatable bonds is 9. The Labute approximate surface area is 235 Å². The van der Waals surface area contributed by atoms with Crippen LogP contribution in [0.4, 0.5) is 5.69 Å². The SMILES string of the molecule is C[C@@H](O)[C@H](NC(=O)c1ccc(C#Cc2ccc(NC(=O)CNC[C@@H]3CC4[CH]C[C@@H]3C4(C)C)cc2)cc1)C(=O)NO. The summed E-state index contributed by atoms with van der Waals surface area (Å²) in [5.74, 6) is 6.55. The second kappa shape index (κ2) is 12.6. The van der Waals surface area contributed by atoms with Crippen molar-refractivity contribution in [3.05, 3.63) is 71.6 Å². The molecule has 0 spiro atoms. The molecule has 4 rings (SSSR count). The highest BCUT2D eigenvalue weighted by atomic mass is 16.5. The van der Waals surface area contributed by atoms with Gasteiger partial charge in [-0.3, -0.25) is 19.6 Å². The van der Waals surface area contributed by atoms with Gasteiger partial charge in [0.15, 0.2) is 0 Å². The average molecular weight is 546 g/mol. The molecule has 9 nitrogen and oxygen atoms in total. The lowest BCUT2D eigenvalue weighted by Crippen LogP contribution is -2.51. The first kappa shape index (κ1) is 29.3. The molecule has 5 atom stereocenters. The molecule has 0 aromatic heterocycles. The minimum absolute atomic E-state index is 0.0753. The van der Waals surface area contributed by atoms with E-state index in [1.54, 1.807) is 24.3 Å². The zero-order chi connectivity index (χ0) is 28.9. The maximum absolute atomic E-state index is 12.4. The molecule has 2 fully saturated rings. The molecule has 211 valence electrons. The molecule has 2 aromatic carbocycles. The van der Waals surface area contributed by atoms with Crippen LogP contribution >= 0.6 is 0 Å². The van der Waals surface area contributed by atoms with E-state index in [4.69, 9.17) is 5.21 Å². The van der Waals surface area contributed by atoms with Crippen LogP contribution in [0.5, 0.6) is 0 Å². The van der Waals surface area contributed by atoms with E-state index in [1.807, 2.05) is 24.3 Å². The van der Waals surface area contributed by atoms with Crippen LogP contribution in [0.25, 0.3) is 0 Å². The third kappa shape index (κ3) is 6.89.